The van der Waals surface area contributed by atoms with E-state index in [0.29, 0.717) is 40.6 Å². The summed E-state index contributed by atoms with van der Waals surface area (Å²) in [6, 6.07) is 10.4. The van der Waals surface area contributed by atoms with Gasteiger partial charge in [-0.25, -0.2) is 9.49 Å². The normalized spacial score (nSPS) is 22.2. The van der Waals surface area contributed by atoms with E-state index in [-0.39, 0.29) is 12.0 Å². The summed E-state index contributed by atoms with van der Waals surface area (Å²) < 4.78 is 19.8. The quantitative estimate of drug-likeness (QED) is 0.681. The van der Waals surface area contributed by atoms with Gasteiger partial charge in [0.05, 0.1) is 17.0 Å². The van der Waals surface area contributed by atoms with Gasteiger partial charge in [0.2, 0.25) is 0 Å². The van der Waals surface area contributed by atoms with Crippen molar-refractivity contribution in [2.45, 2.75) is 24.8 Å². The van der Waals surface area contributed by atoms with Crippen LogP contribution in [0.15, 0.2) is 41.2 Å². The molecule has 28 heavy (non-hydrogen) atoms. The summed E-state index contributed by atoms with van der Waals surface area (Å²) in [6.45, 7) is 1.39. The Kier molecular flexibility index (Phi) is 4.33. The smallest absolute Gasteiger partial charge is 0.272 e. The van der Waals surface area contributed by atoms with Gasteiger partial charge in [0, 0.05) is 35.4 Å². The molecule has 0 bridgehead atoms. The fourth-order valence-electron chi connectivity index (χ4n) is 4.59. The van der Waals surface area contributed by atoms with E-state index in [0.717, 1.165) is 24.1 Å². The van der Waals surface area contributed by atoms with Gasteiger partial charge in [0.25, 0.3) is 5.56 Å². The predicted molar refractivity (Wildman–Crippen MR) is 107 cm³/mol. The van der Waals surface area contributed by atoms with E-state index < -0.39 is 11.4 Å². The number of hydrogen-bond acceptors (Lipinski definition) is 4. The lowest BCUT2D eigenvalue weighted by Crippen LogP contribution is -2.42. The van der Waals surface area contributed by atoms with Crippen molar-refractivity contribution >= 4 is 28.1 Å². The molecule has 2 aliphatic heterocycles. The minimum absolute atomic E-state index is 0.0281. The second-order valence-corrected chi connectivity index (χ2v) is 7.84. The number of hydrogen-bond donors (Lipinski definition) is 2. The number of halogens is 2. The van der Waals surface area contributed by atoms with Crippen LogP contribution in [0.3, 0.4) is 0 Å². The molecule has 1 aromatic heterocycles. The second-order valence-electron chi connectivity index (χ2n) is 7.43. The molecule has 2 aromatic carbocycles. The average molecular weight is 400 g/mol. The number of H-pyrrole nitrogens is 1. The van der Waals surface area contributed by atoms with Crippen molar-refractivity contribution < 1.29 is 9.13 Å². The first-order valence-electron chi connectivity index (χ1n) is 9.44. The molecular weight excluding hydrogens is 381 g/mol. The van der Waals surface area contributed by atoms with Gasteiger partial charge >= 0.3 is 0 Å². The number of anilines is 1. The molecule has 0 unspecified atom stereocenters. The molecule has 3 heterocycles. The van der Waals surface area contributed by atoms with E-state index in [1.165, 1.54) is 12.1 Å². The number of benzene rings is 2. The largest absolute Gasteiger partial charge is 0.381 e. The summed E-state index contributed by atoms with van der Waals surface area (Å²) in [5.41, 5.74) is 1.89. The van der Waals surface area contributed by atoms with Crippen molar-refractivity contribution in [2.75, 3.05) is 18.5 Å². The van der Waals surface area contributed by atoms with Crippen LogP contribution in [0.25, 0.3) is 10.8 Å². The number of aromatic amines is 1. The van der Waals surface area contributed by atoms with E-state index in [1.54, 1.807) is 0 Å². The van der Waals surface area contributed by atoms with Gasteiger partial charge in [-0.1, -0.05) is 29.8 Å². The Hall–Kier alpha value is -2.44. The third kappa shape index (κ3) is 2.79. The minimum atomic E-state index is -0.445. The van der Waals surface area contributed by atoms with E-state index in [9.17, 15) is 9.18 Å². The van der Waals surface area contributed by atoms with E-state index in [2.05, 4.69) is 15.5 Å². The Labute approximate surface area is 165 Å². The van der Waals surface area contributed by atoms with Crippen LogP contribution in [0, 0.1) is 11.7 Å². The molecule has 2 aliphatic rings. The molecule has 144 valence electrons. The zero-order chi connectivity index (χ0) is 19.3. The van der Waals surface area contributed by atoms with Crippen LogP contribution >= 0.6 is 11.6 Å². The Morgan fingerprint density at radius 1 is 1.18 bits per heavy atom. The molecule has 5 rings (SSSR count). The monoisotopic (exact) mass is 399 g/mol. The zero-order valence-electron chi connectivity index (χ0n) is 15.0. The van der Waals surface area contributed by atoms with Crippen molar-refractivity contribution in [3.05, 3.63) is 68.8 Å². The Morgan fingerprint density at radius 3 is 2.75 bits per heavy atom. The average Bonchev–Trinajstić information content (AvgIpc) is 2.71. The van der Waals surface area contributed by atoms with Crippen LogP contribution in [-0.4, -0.2) is 29.5 Å². The van der Waals surface area contributed by atoms with Crippen LogP contribution in [0.1, 0.15) is 30.0 Å². The highest BCUT2D eigenvalue weighted by Gasteiger charge is 2.39. The van der Waals surface area contributed by atoms with Crippen LogP contribution in [0.2, 0.25) is 5.02 Å². The lowest BCUT2D eigenvalue weighted by molar-refractivity contribution is 0.0587. The van der Waals surface area contributed by atoms with E-state index >= 15 is 0 Å². The number of ether oxygens (including phenoxy) is 1. The van der Waals surface area contributed by atoms with Crippen molar-refractivity contribution in [1.82, 2.24) is 10.2 Å². The highest BCUT2D eigenvalue weighted by molar-refractivity contribution is 6.31. The third-order valence-corrected chi connectivity index (χ3v) is 6.22. The molecule has 5 nitrogen and oxygen atoms in total. The molecular formula is C21H19ClFN3O2. The third-order valence-electron chi connectivity index (χ3n) is 5.87. The van der Waals surface area contributed by atoms with Gasteiger partial charge in [-0.3, -0.25) is 4.79 Å². The van der Waals surface area contributed by atoms with E-state index in [1.807, 2.05) is 24.3 Å². The molecule has 7 heteroatoms. The lowest BCUT2D eigenvalue weighted by Gasteiger charge is -2.40. The zero-order valence-corrected chi connectivity index (χ0v) is 15.8. The Balaban J connectivity index is 1.77. The summed E-state index contributed by atoms with van der Waals surface area (Å²) >= 11 is 6.57. The van der Waals surface area contributed by atoms with Crippen molar-refractivity contribution in [3.63, 3.8) is 0 Å². The van der Waals surface area contributed by atoms with Gasteiger partial charge in [0.1, 0.15) is 5.82 Å². The molecule has 1 fully saturated rings. The summed E-state index contributed by atoms with van der Waals surface area (Å²) in [5, 5.41) is 12.1. The predicted octanol–water partition coefficient (Wildman–Crippen LogP) is 4.07. The van der Waals surface area contributed by atoms with Crippen LogP contribution in [-0.2, 0) is 4.74 Å². The molecule has 0 spiro atoms. The summed E-state index contributed by atoms with van der Waals surface area (Å²) in [4.78, 5) is 12.3. The van der Waals surface area contributed by atoms with Gasteiger partial charge in [-0.05, 0) is 42.5 Å². The fraction of sp³-hybridized carbons (Fsp3) is 0.333. The maximum absolute atomic E-state index is 14.2. The van der Waals surface area contributed by atoms with E-state index in [4.69, 9.17) is 16.3 Å². The lowest BCUT2D eigenvalue weighted by atomic mass is 9.75. The molecule has 0 amide bonds. The first-order valence-corrected chi connectivity index (χ1v) is 9.82. The maximum atomic E-state index is 14.2. The topological polar surface area (TPSA) is 67.0 Å². The minimum Gasteiger partial charge on any atom is -0.381 e. The molecule has 0 radical (unpaired) electrons. The molecule has 0 aliphatic carbocycles. The second kappa shape index (κ2) is 6.87. The molecule has 1 saturated heterocycles. The van der Waals surface area contributed by atoms with Crippen LogP contribution in [0.5, 0.6) is 0 Å². The molecule has 2 atom stereocenters. The van der Waals surface area contributed by atoms with Gasteiger partial charge < -0.3 is 10.1 Å². The Morgan fingerprint density at radius 2 is 1.96 bits per heavy atom. The van der Waals surface area contributed by atoms with Gasteiger partial charge in [-0.15, -0.1) is 0 Å². The van der Waals surface area contributed by atoms with Crippen LogP contribution in [0.4, 0.5) is 10.1 Å². The number of nitrogens with one attached hydrogen (secondary N) is 2. The highest BCUT2D eigenvalue weighted by Crippen LogP contribution is 2.45. The van der Waals surface area contributed by atoms with Crippen LogP contribution < -0.4 is 10.9 Å². The first kappa shape index (κ1) is 17.6. The summed E-state index contributed by atoms with van der Waals surface area (Å²) in [6.07, 6.45) is 1.80. The molecule has 2 N–H and O–H groups in total. The van der Waals surface area contributed by atoms with Crippen molar-refractivity contribution in [3.8, 4) is 0 Å². The SMILES string of the molecule is O=c1[nH]nc2c3c(cc(F)cc13)N[C@H](C1CCOCC1)[C@H]2c1ccccc1Cl. The summed E-state index contributed by atoms with van der Waals surface area (Å²) in [5.74, 6) is -0.288. The van der Waals surface area contributed by atoms with Gasteiger partial charge in [-0.2, -0.15) is 5.10 Å². The number of nitrogens with zero attached hydrogens (tertiary/aromatic N) is 1. The van der Waals surface area contributed by atoms with Crippen molar-refractivity contribution in [2.24, 2.45) is 5.92 Å². The maximum Gasteiger partial charge on any atom is 0.272 e. The van der Waals surface area contributed by atoms with Gasteiger partial charge in [0.15, 0.2) is 0 Å². The number of rotatable bonds is 2. The molecule has 0 saturated carbocycles. The summed E-state index contributed by atoms with van der Waals surface area (Å²) in [7, 11) is 0. The highest BCUT2D eigenvalue weighted by atomic mass is 35.5. The fourth-order valence-corrected chi connectivity index (χ4v) is 4.85. The first-order chi connectivity index (χ1) is 13.6. The Bertz CT molecular complexity index is 1110. The number of aromatic nitrogens is 2. The standard InChI is InChI=1S/C21H19ClFN3O2/c22-15-4-2-1-3-13(15)18-19(11-5-7-28-8-6-11)24-16-10-12(23)9-14-17(16)20(18)25-26-21(14)27/h1-4,9-11,18-19,24H,5-8H2,(H,26,27)/t18-,19-/m1/s1. The van der Waals surface area contributed by atoms with Crippen molar-refractivity contribution in [1.29, 1.82) is 0 Å². The molecule has 3 aromatic rings.